The molecule has 1 saturated heterocycles. The van der Waals surface area contributed by atoms with Crippen molar-refractivity contribution in [3.63, 3.8) is 0 Å². The van der Waals surface area contributed by atoms with Crippen molar-refractivity contribution in [3.8, 4) is 5.75 Å². The number of nitro benzene ring substituents is 1. The number of anilines is 2. The second-order valence-electron chi connectivity index (χ2n) is 6.01. The summed E-state index contributed by atoms with van der Waals surface area (Å²) in [7, 11) is 1.42. The number of nitrogens with one attached hydrogen (secondary N) is 1. The van der Waals surface area contributed by atoms with Gasteiger partial charge < -0.3 is 15.0 Å². The quantitative estimate of drug-likeness (QED) is 0.624. The van der Waals surface area contributed by atoms with Crippen LogP contribution in [0.25, 0.3) is 0 Å². The molecule has 0 aliphatic carbocycles. The van der Waals surface area contributed by atoms with Crippen molar-refractivity contribution in [2.75, 3.05) is 23.9 Å². The molecule has 1 heterocycles. The van der Waals surface area contributed by atoms with Crippen LogP contribution in [0.1, 0.15) is 6.42 Å². The summed E-state index contributed by atoms with van der Waals surface area (Å²) >= 11 is 5.96. The fourth-order valence-electron chi connectivity index (χ4n) is 2.91. The van der Waals surface area contributed by atoms with Crippen LogP contribution >= 0.6 is 11.6 Å². The summed E-state index contributed by atoms with van der Waals surface area (Å²) in [6, 6.07) is 10.9. The zero-order valence-electron chi connectivity index (χ0n) is 14.3. The highest BCUT2D eigenvalue weighted by Gasteiger charge is 2.36. The van der Waals surface area contributed by atoms with Crippen LogP contribution in [0.5, 0.6) is 5.75 Å². The predicted molar refractivity (Wildman–Crippen MR) is 100 cm³/mol. The molecule has 1 N–H and O–H groups in total. The second kappa shape index (κ2) is 7.63. The Kier molecular flexibility index (Phi) is 5.27. The maximum absolute atomic E-state index is 12.6. The summed E-state index contributed by atoms with van der Waals surface area (Å²) in [6.07, 6.45) is 0.0100. The number of carbonyl (C=O) groups excluding carboxylic acids is 2. The molecule has 8 nitrogen and oxygen atoms in total. The molecule has 1 aliphatic heterocycles. The molecule has 2 amide bonds. The molecule has 2 aromatic carbocycles. The molecule has 1 aliphatic rings. The van der Waals surface area contributed by atoms with E-state index in [1.165, 1.54) is 30.2 Å². The van der Waals surface area contributed by atoms with Crippen LogP contribution in [0.15, 0.2) is 42.5 Å². The molecule has 27 heavy (non-hydrogen) atoms. The van der Waals surface area contributed by atoms with Crippen molar-refractivity contribution < 1.29 is 19.2 Å². The van der Waals surface area contributed by atoms with Gasteiger partial charge in [-0.05, 0) is 24.3 Å². The number of nitrogens with zero attached hydrogens (tertiary/aromatic N) is 2. The summed E-state index contributed by atoms with van der Waals surface area (Å²) < 4.78 is 5.05. The zero-order chi connectivity index (χ0) is 19.6. The van der Waals surface area contributed by atoms with Gasteiger partial charge >= 0.3 is 0 Å². The number of rotatable bonds is 5. The average molecular weight is 390 g/mol. The fraction of sp³-hybridized carbons (Fsp3) is 0.222. The number of benzene rings is 2. The molecule has 0 radical (unpaired) electrons. The first-order valence-electron chi connectivity index (χ1n) is 8.08. The van der Waals surface area contributed by atoms with E-state index >= 15 is 0 Å². The first-order valence-corrected chi connectivity index (χ1v) is 8.46. The van der Waals surface area contributed by atoms with Crippen LogP contribution in [0, 0.1) is 16.0 Å². The van der Waals surface area contributed by atoms with Crippen LogP contribution in [-0.2, 0) is 9.59 Å². The summed E-state index contributed by atoms with van der Waals surface area (Å²) in [5.74, 6) is -0.942. The third kappa shape index (κ3) is 4.01. The molecule has 1 atom stereocenters. The predicted octanol–water partition coefficient (Wildman–Crippen LogP) is 3.25. The van der Waals surface area contributed by atoms with Crippen molar-refractivity contribution in [1.29, 1.82) is 0 Å². The lowest BCUT2D eigenvalue weighted by Crippen LogP contribution is -2.28. The number of halogens is 1. The minimum absolute atomic E-state index is 0.0100. The lowest BCUT2D eigenvalue weighted by atomic mass is 10.1. The molecule has 2 aromatic rings. The normalized spacial score (nSPS) is 16.3. The van der Waals surface area contributed by atoms with Crippen LogP contribution in [0.2, 0.25) is 5.02 Å². The van der Waals surface area contributed by atoms with Gasteiger partial charge in [0.05, 0.1) is 18.0 Å². The number of hydrogen-bond donors (Lipinski definition) is 1. The maximum atomic E-state index is 12.6. The third-order valence-electron chi connectivity index (χ3n) is 4.27. The summed E-state index contributed by atoms with van der Waals surface area (Å²) in [6.45, 7) is 0.169. The molecule has 0 bridgehead atoms. The smallest absolute Gasteiger partial charge is 0.293 e. The Morgan fingerprint density at radius 2 is 2.11 bits per heavy atom. The SMILES string of the molecule is COc1ccc([N+](=O)[O-])c(NC(=O)[C@H]2CC(=O)N(c3cccc(Cl)c3)C2)c1. The van der Waals surface area contributed by atoms with E-state index in [9.17, 15) is 19.7 Å². The Bertz CT molecular complexity index is 918. The minimum atomic E-state index is -0.637. The van der Waals surface area contributed by atoms with Crippen LogP contribution in [0.3, 0.4) is 0 Å². The van der Waals surface area contributed by atoms with Gasteiger partial charge in [0.25, 0.3) is 5.69 Å². The standard InChI is InChI=1S/C18H16ClN3O5/c1-27-14-5-6-16(22(25)26)15(9-14)20-18(24)11-7-17(23)21(10-11)13-4-2-3-12(19)8-13/h2-6,8-9,11H,7,10H2,1H3,(H,20,24)/t11-/m0/s1. The highest BCUT2D eigenvalue weighted by atomic mass is 35.5. The van der Waals surface area contributed by atoms with Crippen LogP contribution < -0.4 is 15.0 Å². The van der Waals surface area contributed by atoms with Gasteiger partial charge in [-0.1, -0.05) is 17.7 Å². The first kappa shape index (κ1) is 18.7. The summed E-state index contributed by atoms with van der Waals surface area (Å²) in [4.78, 5) is 37.0. The Morgan fingerprint density at radius 1 is 1.33 bits per heavy atom. The highest BCUT2D eigenvalue weighted by molar-refractivity contribution is 6.31. The lowest BCUT2D eigenvalue weighted by molar-refractivity contribution is -0.383. The number of amides is 2. The number of carbonyl (C=O) groups is 2. The largest absolute Gasteiger partial charge is 0.497 e. The second-order valence-corrected chi connectivity index (χ2v) is 6.45. The third-order valence-corrected chi connectivity index (χ3v) is 4.51. The van der Waals surface area contributed by atoms with E-state index in [1.54, 1.807) is 24.3 Å². The van der Waals surface area contributed by atoms with Gasteiger partial charge in [-0.15, -0.1) is 0 Å². The number of hydrogen-bond acceptors (Lipinski definition) is 5. The van der Waals surface area contributed by atoms with Gasteiger partial charge in [-0.2, -0.15) is 0 Å². The van der Waals surface area contributed by atoms with E-state index in [-0.39, 0.29) is 30.2 Å². The maximum Gasteiger partial charge on any atom is 0.293 e. The van der Waals surface area contributed by atoms with Gasteiger partial charge in [0, 0.05) is 35.8 Å². The highest BCUT2D eigenvalue weighted by Crippen LogP contribution is 2.31. The fourth-order valence-corrected chi connectivity index (χ4v) is 3.10. The average Bonchev–Trinajstić information content (AvgIpc) is 3.03. The van der Waals surface area contributed by atoms with Crippen molar-refractivity contribution in [2.45, 2.75) is 6.42 Å². The molecule has 140 valence electrons. The number of nitro groups is 1. The van der Waals surface area contributed by atoms with Gasteiger partial charge in [-0.25, -0.2) is 0 Å². The summed E-state index contributed by atoms with van der Waals surface area (Å²) in [5.41, 5.74) is 0.383. The Balaban J connectivity index is 1.78. The monoisotopic (exact) mass is 389 g/mol. The minimum Gasteiger partial charge on any atom is -0.497 e. The Hall–Kier alpha value is -3.13. The van der Waals surface area contributed by atoms with E-state index in [1.807, 2.05) is 0 Å². The van der Waals surface area contributed by atoms with Gasteiger partial charge in [-0.3, -0.25) is 19.7 Å². The Labute approximate surface area is 159 Å². The van der Waals surface area contributed by atoms with Crippen molar-refractivity contribution in [3.05, 3.63) is 57.6 Å². The molecule has 0 aromatic heterocycles. The molecular weight excluding hydrogens is 374 g/mol. The number of ether oxygens (including phenoxy) is 1. The van der Waals surface area contributed by atoms with Crippen molar-refractivity contribution >= 4 is 40.5 Å². The molecule has 0 saturated carbocycles. The van der Waals surface area contributed by atoms with Crippen LogP contribution in [0.4, 0.5) is 17.1 Å². The Morgan fingerprint density at radius 3 is 2.78 bits per heavy atom. The van der Waals surface area contributed by atoms with E-state index in [2.05, 4.69) is 5.32 Å². The van der Waals surface area contributed by atoms with E-state index < -0.39 is 16.7 Å². The molecule has 3 rings (SSSR count). The van der Waals surface area contributed by atoms with E-state index in [0.29, 0.717) is 16.5 Å². The summed E-state index contributed by atoms with van der Waals surface area (Å²) in [5, 5.41) is 14.2. The van der Waals surface area contributed by atoms with Crippen molar-refractivity contribution in [2.24, 2.45) is 5.92 Å². The molecular formula is C18H16ClN3O5. The van der Waals surface area contributed by atoms with E-state index in [0.717, 1.165) is 0 Å². The number of methoxy groups -OCH3 is 1. The molecule has 9 heteroatoms. The van der Waals surface area contributed by atoms with Crippen molar-refractivity contribution in [1.82, 2.24) is 0 Å². The molecule has 0 spiro atoms. The lowest BCUT2D eigenvalue weighted by Gasteiger charge is -2.17. The molecule has 1 fully saturated rings. The van der Waals surface area contributed by atoms with Gasteiger partial charge in [0.1, 0.15) is 11.4 Å². The van der Waals surface area contributed by atoms with Gasteiger partial charge in [0.15, 0.2) is 0 Å². The topological polar surface area (TPSA) is 102 Å². The van der Waals surface area contributed by atoms with Gasteiger partial charge in [0.2, 0.25) is 11.8 Å². The van der Waals surface area contributed by atoms with Crippen LogP contribution in [-0.4, -0.2) is 30.4 Å². The molecule has 0 unspecified atom stereocenters. The first-order chi connectivity index (χ1) is 12.9. The van der Waals surface area contributed by atoms with E-state index in [4.69, 9.17) is 16.3 Å². The zero-order valence-corrected chi connectivity index (χ0v) is 15.1.